The average Bonchev–Trinajstić information content (AvgIpc) is 3.60. The minimum atomic E-state index is -1.05. The highest BCUT2D eigenvalue weighted by Gasteiger charge is 2.30. The van der Waals surface area contributed by atoms with Crippen molar-refractivity contribution in [2.45, 2.75) is 45.1 Å². The maximum Gasteiger partial charge on any atom is 0.404 e. The molecule has 1 saturated carbocycles. The van der Waals surface area contributed by atoms with Gasteiger partial charge in [0.15, 0.2) is 0 Å². The normalized spacial score (nSPS) is 16.6. The molecule has 1 fully saturated rings. The van der Waals surface area contributed by atoms with Crippen LogP contribution >= 0.6 is 0 Å². The number of carboxylic acid groups (broad SMARTS) is 1. The second kappa shape index (κ2) is 14.3. The zero-order chi connectivity index (χ0) is 31.8. The number of aromatic amines is 1. The lowest BCUT2D eigenvalue weighted by atomic mass is 9.81. The highest BCUT2D eigenvalue weighted by Crippen LogP contribution is 2.29. The summed E-state index contributed by atoms with van der Waals surface area (Å²) in [5.74, 6) is -0.152. The molecule has 1 atom stereocenters. The van der Waals surface area contributed by atoms with E-state index in [1.165, 1.54) is 0 Å². The molecule has 230 valence electrons. The van der Waals surface area contributed by atoms with E-state index >= 15 is 0 Å². The number of rotatable bonds is 10. The summed E-state index contributed by atoms with van der Waals surface area (Å²) in [4.78, 5) is 37.8. The number of carbonyl (C=O) groups is 3. The maximum atomic E-state index is 13.6. The van der Waals surface area contributed by atoms with Crippen LogP contribution in [0.3, 0.4) is 0 Å². The molecule has 1 heterocycles. The van der Waals surface area contributed by atoms with Crippen molar-refractivity contribution < 1.29 is 19.5 Å². The van der Waals surface area contributed by atoms with E-state index in [1.807, 2.05) is 43.3 Å². The van der Waals surface area contributed by atoms with Crippen LogP contribution in [0.25, 0.3) is 22.5 Å². The number of tetrazole rings is 1. The SMILES string of the molecule is Cc1cc(C#N)ccc1-c1ccc(C[C@H](NC(=O)[C@H]2CC[C@H](CNC(=O)O)CC2)C(=O)Nc2ccc(-c3nn[nH]n3)cc2)cc1. The van der Waals surface area contributed by atoms with Crippen molar-refractivity contribution in [2.24, 2.45) is 11.8 Å². The smallest absolute Gasteiger partial charge is 0.404 e. The summed E-state index contributed by atoms with van der Waals surface area (Å²) in [5, 5.41) is 40.3. The van der Waals surface area contributed by atoms with Crippen molar-refractivity contribution in [3.05, 3.63) is 83.4 Å². The predicted molar refractivity (Wildman–Crippen MR) is 167 cm³/mol. The Balaban J connectivity index is 1.29. The van der Waals surface area contributed by atoms with Crippen molar-refractivity contribution >= 4 is 23.6 Å². The Hall–Kier alpha value is -5.57. The number of nitriles is 1. The Morgan fingerprint density at radius 2 is 1.71 bits per heavy atom. The fourth-order valence-electron chi connectivity index (χ4n) is 5.69. The number of hydrogen-bond acceptors (Lipinski definition) is 7. The van der Waals surface area contributed by atoms with Crippen LogP contribution in [0.4, 0.5) is 10.5 Å². The molecule has 0 saturated heterocycles. The van der Waals surface area contributed by atoms with Crippen LogP contribution < -0.4 is 16.0 Å². The van der Waals surface area contributed by atoms with Gasteiger partial charge in [-0.05, 0) is 102 Å². The van der Waals surface area contributed by atoms with Gasteiger partial charge in [-0.15, -0.1) is 10.2 Å². The minimum Gasteiger partial charge on any atom is -0.465 e. The highest BCUT2D eigenvalue weighted by molar-refractivity contribution is 5.97. The topological polar surface area (TPSA) is 186 Å². The summed E-state index contributed by atoms with van der Waals surface area (Å²) in [6.45, 7) is 2.34. The molecular formula is C33H34N8O4. The Morgan fingerprint density at radius 3 is 2.33 bits per heavy atom. The fourth-order valence-corrected chi connectivity index (χ4v) is 5.69. The van der Waals surface area contributed by atoms with E-state index in [0.29, 0.717) is 36.5 Å². The van der Waals surface area contributed by atoms with Gasteiger partial charge in [-0.2, -0.15) is 10.5 Å². The second-order valence-corrected chi connectivity index (χ2v) is 11.3. The van der Waals surface area contributed by atoms with Gasteiger partial charge in [0.2, 0.25) is 17.6 Å². The number of aromatic nitrogens is 4. The average molecular weight is 607 g/mol. The number of nitrogens with one attached hydrogen (secondary N) is 4. The van der Waals surface area contributed by atoms with Gasteiger partial charge in [0.05, 0.1) is 11.6 Å². The summed E-state index contributed by atoms with van der Waals surface area (Å²) >= 11 is 0. The summed E-state index contributed by atoms with van der Waals surface area (Å²) in [6, 6.07) is 21.8. The minimum absolute atomic E-state index is 0.183. The molecule has 12 heteroatoms. The zero-order valence-electron chi connectivity index (χ0n) is 24.8. The molecule has 0 radical (unpaired) electrons. The van der Waals surface area contributed by atoms with E-state index in [2.05, 4.69) is 42.6 Å². The van der Waals surface area contributed by atoms with Gasteiger partial charge >= 0.3 is 6.09 Å². The number of aryl methyl sites for hydroxylation is 1. The van der Waals surface area contributed by atoms with Crippen molar-refractivity contribution in [2.75, 3.05) is 11.9 Å². The molecule has 0 unspecified atom stereocenters. The van der Waals surface area contributed by atoms with Crippen LogP contribution in [-0.4, -0.2) is 56.2 Å². The second-order valence-electron chi connectivity index (χ2n) is 11.3. The summed E-state index contributed by atoms with van der Waals surface area (Å²) in [5.41, 5.74) is 5.77. The summed E-state index contributed by atoms with van der Waals surface area (Å²) < 4.78 is 0. The van der Waals surface area contributed by atoms with E-state index in [4.69, 9.17) is 5.11 Å². The lowest BCUT2D eigenvalue weighted by Gasteiger charge is -2.29. The van der Waals surface area contributed by atoms with E-state index in [1.54, 1.807) is 30.3 Å². The van der Waals surface area contributed by atoms with Crippen molar-refractivity contribution in [1.82, 2.24) is 31.3 Å². The lowest BCUT2D eigenvalue weighted by molar-refractivity contribution is -0.130. The molecule has 12 nitrogen and oxygen atoms in total. The van der Waals surface area contributed by atoms with Gasteiger partial charge in [-0.25, -0.2) is 4.79 Å². The van der Waals surface area contributed by atoms with E-state index in [9.17, 15) is 19.6 Å². The van der Waals surface area contributed by atoms with Gasteiger partial charge in [0, 0.05) is 30.1 Å². The first-order valence-electron chi connectivity index (χ1n) is 14.8. The van der Waals surface area contributed by atoms with Crippen molar-refractivity contribution in [1.29, 1.82) is 5.26 Å². The molecule has 0 bridgehead atoms. The van der Waals surface area contributed by atoms with Gasteiger partial charge in [-0.3, -0.25) is 9.59 Å². The maximum absolute atomic E-state index is 13.6. The van der Waals surface area contributed by atoms with E-state index < -0.39 is 12.1 Å². The van der Waals surface area contributed by atoms with Gasteiger partial charge in [0.1, 0.15) is 6.04 Å². The lowest BCUT2D eigenvalue weighted by Crippen LogP contribution is -2.48. The van der Waals surface area contributed by atoms with Crippen LogP contribution in [0.1, 0.15) is 42.4 Å². The third-order valence-electron chi connectivity index (χ3n) is 8.21. The van der Waals surface area contributed by atoms with Crippen LogP contribution in [0.5, 0.6) is 0 Å². The third-order valence-corrected chi connectivity index (χ3v) is 8.21. The number of hydrogen-bond donors (Lipinski definition) is 5. The Kier molecular flexibility index (Phi) is 9.79. The zero-order valence-corrected chi connectivity index (χ0v) is 24.8. The monoisotopic (exact) mass is 606 g/mol. The Bertz CT molecular complexity index is 1670. The molecule has 45 heavy (non-hydrogen) atoms. The Morgan fingerprint density at radius 1 is 1.00 bits per heavy atom. The molecule has 5 rings (SSSR count). The van der Waals surface area contributed by atoms with E-state index in [-0.39, 0.29) is 30.1 Å². The third kappa shape index (κ3) is 8.08. The molecule has 1 aliphatic carbocycles. The molecule has 3 amide bonds. The van der Waals surface area contributed by atoms with Gasteiger partial charge in [0.25, 0.3) is 0 Å². The quantitative estimate of drug-likeness (QED) is 0.175. The number of carbonyl (C=O) groups excluding carboxylic acids is 2. The first-order valence-corrected chi connectivity index (χ1v) is 14.8. The predicted octanol–water partition coefficient (Wildman–Crippen LogP) is 4.45. The number of amides is 3. The van der Waals surface area contributed by atoms with Gasteiger partial charge in [-0.1, -0.05) is 30.3 Å². The molecule has 1 aliphatic rings. The number of anilines is 1. The standard InChI is InChI=1S/C33H34N8O4/c1-20-16-23(18-34)6-15-28(20)24-7-2-21(3-8-24)17-29(37-31(42)26-9-4-22(5-10-26)19-35-33(44)45)32(43)36-27-13-11-25(12-14-27)30-38-40-41-39-30/h2-3,6-8,11-16,22,26,29,35H,4-5,9-10,17,19H2,1H3,(H,36,43)(H,37,42)(H,44,45)(H,38,39,40,41)/t22-,26-,29-/m0/s1. The largest absolute Gasteiger partial charge is 0.465 e. The Labute approximate surface area is 260 Å². The molecule has 3 aromatic carbocycles. The number of H-pyrrole nitrogens is 1. The van der Waals surface area contributed by atoms with Gasteiger partial charge < -0.3 is 21.1 Å². The molecule has 5 N–H and O–H groups in total. The molecule has 0 aliphatic heterocycles. The van der Waals surface area contributed by atoms with Crippen LogP contribution in [0.15, 0.2) is 66.7 Å². The van der Waals surface area contributed by atoms with Crippen LogP contribution in [-0.2, 0) is 16.0 Å². The molecular weight excluding hydrogens is 572 g/mol. The van der Waals surface area contributed by atoms with Crippen molar-refractivity contribution in [3.63, 3.8) is 0 Å². The highest BCUT2D eigenvalue weighted by atomic mass is 16.4. The van der Waals surface area contributed by atoms with Crippen LogP contribution in [0.2, 0.25) is 0 Å². The number of benzene rings is 3. The van der Waals surface area contributed by atoms with Crippen LogP contribution in [0, 0.1) is 30.1 Å². The number of nitrogens with zero attached hydrogens (tertiary/aromatic N) is 4. The molecule has 0 spiro atoms. The molecule has 4 aromatic rings. The summed E-state index contributed by atoms with van der Waals surface area (Å²) in [7, 11) is 0. The first kappa shape index (κ1) is 30.9. The summed E-state index contributed by atoms with van der Waals surface area (Å²) in [6.07, 6.45) is 1.96. The fraction of sp³-hybridized carbons (Fsp3) is 0.303. The van der Waals surface area contributed by atoms with E-state index in [0.717, 1.165) is 40.7 Å². The first-order chi connectivity index (χ1) is 21.8. The van der Waals surface area contributed by atoms with Crippen molar-refractivity contribution in [3.8, 4) is 28.6 Å². The molecule has 1 aromatic heterocycles.